The van der Waals surface area contributed by atoms with Crippen LogP contribution in [0.15, 0.2) is 30.3 Å². The van der Waals surface area contributed by atoms with Gasteiger partial charge in [-0.1, -0.05) is 30.3 Å². The van der Waals surface area contributed by atoms with Crippen LogP contribution in [0.1, 0.15) is 11.2 Å². The summed E-state index contributed by atoms with van der Waals surface area (Å²) in [5.74, 6) is 0. The molecule has 0 aliphatic rings. The van der Waals surface area contributed by atoms with Gasteiger partial charge in [0.2, 0.25) is 0 Å². The van der Waals surface area contributed by atoms with Crippen molar-refractivity contribution in [1.29, 1.82) is 0 Å². The molecule has 1 aromatic rings. The highest BCUT2D eigenvalue weighted by atomic mass is 31.2. The second-order valence-electron chi connectivity index (χ2n) is 11.5. The van der Waals surface area contributed by atoms with Crippen molar-refractivity contribution in [2.75, 3.05) is 6.16 Å². The summed E-state index contributed by atoms with van der Waals surface area (Å²) in [7, 11) is -9.16. The predicted molar refractivity (Wildman–Crippen MR) is 146 cm³/mol. The third-order valence-electron chi connectivity index (χ3n) is 3.24. The van der Waals surface area contributed by atoms with E-state index in [4.69, 9.17) is 16.9 Å². The second kappa shape index (κ2) is 11.3. The van der Waals surface area contributed by atoms with Crippen molar-refractivity contribution in [3.05, 3.63) is 35.9 Å². The summed E-state index contributed by atoms with van der Waals surface area (Å²) in [4.78, 5) is 0. The fraction of sp³-hybridized carbons (Fsp3) is 0.700. The van der Waals surface area contributed by atoms with E-state index in [0.29, 0.717) is 0 Å². The maximum absolute atomic E-state index is 6.73. The quantitative estimate of drug-likeness (QED) is 0.203. The van der Waals surface area contributed by atoms with Crippen molar-refractivity contribution in [3.8, 4) is 0 Å². The first-order valence-corrected chi connectivity index (χ1v) is 27.0. The Hall–Kier alpha value is 0.788. The largest absolute Gasteiger partial charge is 0.376 e. The highest BCUT2D eigenvalue weighted by Gasteiger charge is 2.38. The molecule has 0 heterocycles. The van der Waals surface area contributed by atoms with E-state index in [2.05, 4.69) is 109 Å². The van der Waals surface area contributed by atoms with Crippen molar-refractivity contribution >= 4 is 50.0 Å². The van der Waals surface area contributed by atoms with Gasteiger partial charge in [0.15, 0.2) is 50.0 Å². The van der Waals surface area contributed by atoms with Crippen LogP contribution in [0.2, 0.25) is 78.6 Å². The summed E-state index contributed by atoms with van der Waals surface area (Å²) in [6.07, 6.45) is 0.828. The molecule has 0 fully saturated rings. The minimum absolute atomic E-state index is 0.151. The van der Waals surface area contributed by atoms with Crippen molar-refractivity contribution < 1.29 is 16.9 Å². The van der Waals surface area contributed by atoms with Crippen LogP contribution in [0, 0.1) is 0 Å². The molecule has 1 aromatic carbocycles. The first-order valence-electron chi connectivity index (χ1n) is 10.7. The van der Waals surface area contributed by atoms with Crippen molar-refractivity contribution in [1.82, 2.24) is 0 Å². The van der Waals surface area contributed by atoms with E-state index in [9.17, 15) is 0 Å². The Morgan fingerprint density at radius 1 is 0.600 bits per heavy atom. The molecule has 30 heavy (non-hydrogen) atoms. The van der Waals surface area contributed by atoms with Crippen LogP contribution in [-0.4, -0.2) is 39.4 Å². The lowest BCUT2D eigenvalue weighted by molar-refractivity contribution is 0.463. The SMILES string of the molecule is C[Si](C)(C)OP(CC(c1ccccc1)P(O[Si](C)(C)C)O[Si](C)(C)C)O[Si](C)(C)C. The summed E-state index contributed by atoms with van der Waals surface area (Å²) < 4.78 is 26.7. The van der Waals surface area contributed by atoms with E-state index in [1.807, 2.05) is 0 Å². The van der Waals surface area contributed by atoms with Gasteiger partial charge >= 0.3 is 0 Å². The summed E-state index contributed by atoms with van der Waals surface area (Å²) in [5.41, 5.74) is 1.42. The molecule has 0 aromatic heterocycles. The molecule has 0 bridgehead atoms. The highest BCUT2D eigenvalue weighted by Crippen LogP contribution is 2.61. The van der Waals surface area contributed by atoms with Gasteiger partial charge in [-0.3, -0.25) is 0 Å². The zero-order valence-corrected chi connectivity index (χ0v) is 27.0. The zero-order chi connectivity index (χ0) is 23.4. The Kier molecular flexibility index (Phi) is 10.8. The van der Waals surface area contributed by atoms with Crippen LogP contribution in [0.5, 0.6) is 0 Å². The molecule has 0 N–H and O–H groups in total. The average Bonchev–Trinajstić information content (AvgIpc) is 2.46. The van der Waals surface area contributed by atoms with E-state index in [1.165, 1.54) is 5.56 Å². The summed E-state index contributed by atoms with van der Waals surface area (Å²) in [6.45, 7) is 26.9. The zero-order valence-electron chi connectivity index (χ0n) is 21.2. The van der Waals surface area contributed by atoms with Crippen LogP contribution in [0.3, 0.4) is 0 Å². The molecular formula is C20H44O4P2Si4. The van der Waals surface area contributed by atoms with E-state index in [-0.39, 0.29) is 5.66 Å². The van der Waals surface area contributed by atoms with Gasteiger partial charge in [0.05, 0.1) is 5.66 Å². The first kappa shape index (κ1) is 28.8. The third kappa shape index (κ3) is 13.4. The first-order chi connectivity index (χ1) is 13.3. The standard InChI is InChI=1S/C20H44O4P2Si4/c1-27(2,3)21-25(22-28(4,5)6)18-20(19-16-14-13-15-17-19)26(23-29(7,8)9)24-30(10,11)12/h13-17,20H,18H2,1-12H3. The van der Waals surface area contributed by atoms with E-state index in [1.54, 1.807) is 0 Å². The molecule has 174 valence electrons. The lowest BCUT2D eigenvalue weighted by Crippen LogP contribution is -2.32. The van der Waals surface area contributed by atoms with Crippen molar-refractivity contribution in [2.45, 2.75) is 84.2 Å². The van der Waals surface area contributed by atoms with Gasteiger partial charge in [0.1, 0.15) is 0 Å². The highest BCUT2D eigenvalue weighted by molar-refractivity contribution is 7.55. The minimum atomic E-state index is -1.79. The summed E-state index contributed by atoms with van der Waals surface area (Å²) >= 11 is 0. The van der Waals surface area contributed by atoms with Crippen LogP contribution in [0.25, 0.3) is 0 Å². The van der Waals surface area contributed by atoms with Gasteiger partial charge in [0.25, 0.3) is 0 Å². The monoisotopic (exact) mass is 522 g/mol. The van der Waals surface area contributed by atoms with Gasteiger partial charge in [0, 0.05) is 6.16 Å². The number of hydrogen-bond acceptors (Lipinski definition) is 4. The summed E-state index contributed by atoms with van der Waals surface area (Å²) in [5, 5.41) is 0. The topological polar surface area (TPSA) is 36.9 Å². The molecule has 0 aliphatic carbocycles. The average molecular weight is 523 g/mol. The fourth-order valence-electron chi connectivity index (χ4n) is 2.50. The fourth-order valence-corrected chi connectivity index (χ4v) is 16.1. The molecule has 1 unspecified atom stereocenters. The van der Waals surface area contributed by atoms with Gasteiger partial charge in [-0.15, -0.1) is 0 Å². The lowest BCUT2D eigenvalue weighted by Gasteiger charge is -2.38. The molecule has 0 saturated heterocycles. The van der Waals surface area contributed by atoms with Gasteiger partial charge in [-0.05, 0) is 84.1 Å². The van der Waals surface area contributed by atoms with Crippen LogP contribution in [-0.2, 0) is 16.9 Å². The van der Waals surface area contributed by atoms with Crippen molar-refractivity contribution in [2.24, 2.45) is 0 Å². The predicted octanol–water partition coefficient (Wildman–Crippen LogP) is 8.76. The smallest absolute Gasteiger partial charge is 0.191 e. The molecule has 0 spiro atoms. The number of benzene rings is 1. The number of rotatable bonds is 12. The maximum atomic E-state index is 6.73. The van der Waals surface area contributed by atoms with Gasteiger partial charge < -0.3 is 16.9 Å². The van der Waals surface area contributed by atoms with Crippen LogP contribution < -0.4 is 0 Å². The Labute approximate surface area is 192 Å². The molecule has 0 amide bonds. The Balaban J connectivity index is 3.36. The Morgan fingerprint density at radius 3 is 1.30 bits per heavy atom. The van der Waals surface area contributed by atoms with E-state index < -0.39 is 50.0 Å². The van der Waals surface area contributed by atoms with Crippen LogP contribution >= 0.6 is 16.8 Å². The lowest BCUT2D eigenvalue weighted by atomic mass is 10.2. The second-order valence-corrected chi connectivity index (χ2v) is 33.6. The van der Waals surface area contributed by atoms with E-state index >= 15 is 0 Å². The third-order valence-corrected chi connectivity index (χ3v) is 17.0. The van der Waals surface area contributed by atoms with Crippen LogP contribution in [0.4, 0.5) is 0 Å². The Morgan fingerprint density at radius 2 is 0.967 bits per heavy atom. The molecule has 1 rings (SSSR count). The van der Waals surface area contributed by atoms with Gasteiger partial charge in [-0.2, -0.15) is 0 Å². The molecule has 0 aliphatic heterocycles. The molecule has 0 radical (unpaired) electrons. The minimum Gasteiger partial charge on any atom is -0.376 e. The number of hydrogen-bond donors (Lipinski definition) is 0. The van der Waals surface area contributed by atoms with Crippen molar-refractivity contribution in [3.63, 3.8) is 0 Å². The molecule has 0 saturated carbocycles. The van der Waals surface area contributed by atoms with E-state index in [0.717, 1.165) is 6.16 Å². The Bertz CT molecular complexity index is 605. The molecule has 10 heteroatoms. The normalized spacial score (nSPS) is 15.1. The molecule has 4 nitrogen and oxygen atoms in total. The molecule has 1 atom stereocenters. The maximum Gasteiger partial charge on any atom is 0.191 e. The van der Waals surface area contributed by atoms with Gasteiger partial charge in [-0.25, -0.2) is 0 Å². The summed E-state index contributed by atoms with van der Waals surface area (Å²) in [6, 6.07) is 10.7. The molecular weight excluding hydrogens is 479 g/mol.